The lowest BCUT2D eigenvalue weighted by Crippen LogP contribution is -2.23. The van der Waals surface area contributed by atoms with Gasteiger partial charge in [0.25, 0.3) is 5.91 Å². The minimum absolute atomic E-state index is 0.246. The highest BCUT2D eigenvalue weighted by Gasteiger charge is 2.16. The Labute approximate surface area is 147 Å². The van der Waals surface area contributed by atoms with Gasteiger partial charge in [0.15, 0.2) is 11.5 Å². The zero-order valence-electron chi connectivity index (χ0n) is 13.2. The molecule has 7 heteroatoms. The van der Waals surface area contributed by atoms with Crippen molar-refractivity contribution in [2.45, 2.75) is 6.54 Å². The van der Waals surface area contributed by atoms with Gasteiger partial charge in [-0.2, -0.15) is 0 Å². The van der Waals surface area contributed by atoms with Crippen LogP contribution in [0.25, 0.3) is 5.65 Å². The highest BCUT2D eigenvalue weighted by Crippen LogP contribution is 2.30. The van der Waals surface area contributed by atoms with E-state index in [0.29, 0.717) is 23.6 Å². The van der Waals surface area contributed by atoms with Crippen molar-refractivity contribution in [1.29, 1.82) is 0 Å². The average Bonchev–Trinajstić information content (AvgIpc) is 3.00. The molecule has 0 radical (unpaired) electrons. The van der Waals surface area contributed by atoms with E-state index in [1.54, 1.807) is 18.2 Å². The second kappa shape index (κ2) is 6.92. The van der Waals surface area contributed by atoms with E-state index in [-0.39, 0.29) is 5.91 Å². The Hall–Kier alpha value is -2.54. The predicted octanol–water partition coefficient (Wildman–Crippen LogP) is 3.04. The monoisotopic (exact) mass is 389 g/mol. The fraction of sp³-hybridized carbons (Fsp3) is 0.176. The molecule has 3 aromatic rings. The van der Waals surface area contributed by atoms with Gasteiger partial charge in [-0.1, -0.05) is 6.07 Å². The van der Waals surface area contributed by atoms with Gasteiger partial charge in [0.2, 0.25) is 0 Å². The van der Waals surface area contributed by atoms with Gasteiger partial charge in [0.1, 0.15) is 5.65 Å². The second-order valence-electron chi connectivity index (χ2n) is 5.07. The molecule has 0 fully saturated rings. The lowest BCUT2D eigenvalue weighted by molar-refractivity contribution is 0.0946. The fourth-order valence-electron chi connectivity index (χ4n) is 2.43. The Morgan fingerprint density at radius 2 is 2.04 bits per heavy atom. The van der Waals surface area contributed by atoms with E-state index in [9.17, 15) is 4.79 Å². The Morgan fingerprint density at radius 1 is 1.21 bits per heavy atom. The van der Waals surface area contributed by atoms with Gasteiger partial charge < -0.3 is 19.2 Å². The third-order valence-electron chi connectivity index (χ3n) is 3.54. The van der Waals surface area contributed by atoms with Gasteiger partial charge in [-0.3, -0.25) is 4.79 Å². The molecule has 1 amide bonds. The van der Waals surface area contributed by atoms with Gasteiger partial charge in [0.05, 0.1) is 32.0 Å². The molecule has 124 valence electrons. The number of hydrogen-bond acceptors (Lipinski definition) is 4. The number of imidazole rings is 1. The Bertz CT molecular complexity index is 892. The summed E-state index contributed by atoms with van der Waals surface area (Å²) < 4.78 is 13.4. The summed E-state index contributed by atoms with van der Waals surface area (Å²) in [6.07, 6.45) is 3.79. The minimum atomic E-state index is -0.246. The van der Waals surface area contributed by atoms with Crippen LogP contribution in [0.1, 0.15) is 16.1 Å². The molecule has 1 N–H and O–H groups in total. The van der Waals surface area contributed by atoms with Crippen LogP contribution < -0.4 is 14.8 Å². The van der Waals surface area contributed by atoms with Crippen LogP contribution in [0, 0.1) is 0 Å². The van der Waals surface area contributed by atoms with Gasteiger partial charge in [0, 0.05) is 16.9 Å². The number of methoxy groups -OCH3 is 2. The molecule has 0 aliphatic carbocycles. The molecular weight excluding hydrogens is 374 g/mol. The number of ether oxygens (including phenoxy) is 2. The van der Waals surface area contributed by atoms with Crippen molar-refractivity contribution in [2.75, 3.05) is 14.2 Å². The van der Waals surface area contributed by atoms with Crippen molar-refractivity contribution in [3.05, 3.63) is 58.5 Å². The normalized spacial score (nSPS) is 10.6. The van der Waals surface area contributed by atoms with E-state index in [0.717, 1.165) is 15.8 Å². The maximum atomic E-state index is 12.4. The van der Waals surface area contributed by atoms with Crippen molar-refractivity contribution in [3.63, 3.8) is 0 Å². The molecular formula is C17H16BrN3O3. The number of nitrogens with one attached hydrogen (secondary N) is 1. The lowest BCUT2D eigenvalue weighted by Gasteiger charge is -2.12. The molecule has 3 rings (SSSR count). The summed E-state index contributed by atoms with van der Waals surface area (Å²) in [5.74, 6) is 0.683. The van der Waals surface area contributed by atoms with E-state index < -0.39 is 0 Å². The number of rotatable bonds is 5. The highest BCUT2D eigenvalue weighted by atomic mass is 79.9. The summed E-state index contributed by atoms with van der Waals surface area (Å²) >= 11 is 3.42. The maximum absolute atomic E-state index is 12.4. The SMILES string of the molecule is COc1cccc(C(=O)NCc2cn3cc(Br)ccc3n2)c1OC. The van der Waals surface area contributed by atoms with Crippen LogP contribution in [0.5, 0.6) is 11.5 Å². The van der Waals surface area contributed by atoms with Gasteiger partial charge >= 0.3 is 0 Å². The molecule has 0 saturated heterocycles. The van der Waals surface area contributed by atoms with Crippen LogP contribution in [-0.4, -0.2) is 29.5 Å². The van der Waals surface area contributed by atoms with Crippen molar-refractivity contribution in [2.24, 2.45) is 0 Å². The summed E-state index contributed by atoms with van der Waals surface area (Å²) in [6, 6.07) is 9.01. The van der Waals surface area contributed by atoms with Crippen molar-refractivity contribution >= 4 is 27.5 Å². The molecule has 24 heavy (non-hydrogen) atoms. The summed E-state index contributed by atoms with van der Waals surface area (Å²) in [6.45, 7) is 0.318. The highest BCUT2D eigenvalue weighted by molar-refractivity contribution is 9.10. The fourth-order valence-corrected chi connectivity index (χ4v) is 2.79. The van der Waals surface area contributed by atoms with E-state index in [2.05, 4.69) is 26.2 Å². The number of fused-ring (bicyclic) bond motifs is 1. The molecule has 0 bridgehead atoms. The third-order valence-corrected chi connectivity index (χ3v) is 4.01. The largest absolute Gasteiger partial charge is 0.493 e. The first-order valence-electron chi connectivity index (χ1n) is 7.24. The first-order valence-corrected chi connectivity index (χ1v) is 8.04. The maximum Gasteiger partial charge on any atom is 0.255 e. The predicted molar refractivity (Wildman–Crippen MR) is 93.6 cm³/mol. The van der Waals surface area contributed by atoms with E-state index >= 15 is 0 Å². The lowest BCUT2D eigenvalue weighted by atomic mass is 10.1. The molecule has 0 atom stereocenters. The van der Waals surface area contributed by atoms with Gasteiger partial charge in [-0.25, -0.2) is 4.98 Å². The minimum Gasteiger partial charge on any atom is -0.493 e. The van der Waals surface area contributed by atoms with Crippen LogP contribution >= 0.6 is 15.9 Å². The van der Waals surface area contributed by atoms with Crippen molar-refractivity contribution < 1.29 is 14.3 Å². The molecule has 2 heterocycles. The quantitative estimate of drug-likeness (QED) is 0.728. The molecule has 0 aliphatic rings. The molecule has 0 unspecified atom stereocenters. The number of pyridine rings is 1. The van der Waals surface area contributed by atoms with Gasteiger partial charge in [-0.15, -0.1) is 0 Å². The smallest absolute Gasteiger partial charge is 0.255 e. The van der Waals surface area contributed by atoms with E-state index in [1.807, 2.05) is 28.9 Å². The number of para-hydroxylation sites is 1. The molecule has 0 saturated carbocycles. The van der Waals surface area contributed by atoms with Crippen LogP contribution in [0.2, 0.25) is 0 Å². The number of aromatic nitrogens is 2. The topological polar surface area (TPSA) is 64.9 Å². The third kappa shape index (κ3) is 3.21. The Kier molecular flexibility index (Phi) is 4.71. The van der Waals surface area contributed by atoms with Crippen LogP contribution in [0.3, 0.4) is 0 Å². The number of carbonyl (C=O) groups excluding carboxylic acids is 1. The van der Waals surface area contributed by atoms with Crippen LogP contribution in [-0.2, 0) is 6.54 Å². The Morgan fingerprint density at radius 3 is 2.79 bits per heavy atom. The Balaban J connectivity index is 1.77. The number of benzene rings is 1. The van der Waals surface area contributed by atoms with E-state index in [4.69, 9.17) is 9.47 Å². The standard InChI is InChI=1S/C17H16BrN3O3/c1-23-14-5-3-4-13(16(14)24-2)17(22)19-8-12-10-21-9-11(18)6-7-15(21)20-12/h3-7,9-10H,8H2,1-2H3,(H,19,22). The number of nitrogens with zero attached hydrogens (tertiary/aromatic N) is 2. The van der Waals surface area contributed by atoms with Crippen LogP contribution in [0.15, 0.2) is 47.2 Å². The van der Waals surface area contributed by atoms with E-state index in [1.165, 1.54) is 14.2 Å². The summed E-state index contributed by atoms with van der Waals surface area (Å²) in [7, 11) is 3.04. The molecule has 2 aromatic heterocycles. The number of carbonyl (C=O) groups is 1. The molecule has 0 spiro atoms. The van der Waals surface area contributed by atoms with Gasteiger partial charge in [-0.05, 0) is 40.2 Å². The first-order chi connectivity index (χ1) is 11.6. The average molecular weight is 390 g/mol. The molecule has 1 aromatic carbocycles. The number of hydrogen-bond donors (Lipinski definition) is 1. The zero-order valence-corrected chi connectivity index (χ0v) is 14.8. The molecule has 6 nitrogen and oxygen atoms in total. The van der Waals surface area contributed by atoms with Crippen molar-refractivity contribution in [1.82, 2.24) is 14.7 Å². The zero-order chi connectivity index (χ0) is 17.1. The summed E-state index contributed by atoms with van der Waals surface area (Å²) in [4.78, 5) is 16.9. The van der Waals surface area contributed by atoms with Crippen molar-refractivity contribution in [3.8, 4) is 11.5 Å². The number of amides is 1. The molecule has 0 aliphatic heterocycles. The summed E-state index contributed by atoms with van der Waals surface area (Å²) in [5.41, 5.74) is 2.01. The number of halogens is 1. The van der Waals surface area contributed by atoms with Crippen LogP contribution in [0.4, 0.5) is 0 Å². The second-order valence-corrected chi connectivity index (χ2v) is 5.98. The first kappa shape index (κ1) is 16.3. The summed E-state index contributed by atoms with van der Waals surface area (Å²) in [5, 5.41) is 2.85.